The SMILES string of the molecule is CC(CC1CCCCN1)NCC(C)N1CCCC1. The lowest BCUT2D eigenvalue weighted by Crippen LogP contribution is -2.44. The third-order valence-electron chi connectivity index (χ3n) is 4.58. The van der Waals surface area contributed by atoms with Crippen molar-refractivity contribution in [2.24, 2.45) is 0 Å². The van der Waals surface area contributed by atoms with Gasteiger partial charge in [0.1, 0.15) is 0 Å². The van der Waals surface area contributed by atoms with E-state index < -0.39 is 0 Å². The Labute approximate surface area is 113 Å². The van der Waals surface area contributed by atoms with Gasteiger partial charge in [0.2, 0.25) is 0 Å². The summed E-state index contributed by atoms with van der Waals surface area (Å²) in [6, 6.07) is 2.10. The van der Waals surface area contributed by atoms with Gasteiger partial charge in [-0.25, -0.2) is 0 Å². The lowest BCUT2D eigenvalue weighted by atomic mass is 9.99. The number of hydrogen-bond donors (Lipinski definition) is 2. The lowest BCUT2D eigenvalue weighted by molar-refractivity contribution is 0.241. The van der Waals surface area contributed by atoms with Gasteiger partial charge >= 0.3 is 0 Å². The molecule has 3 heteroatoms. The monoisotopic (exact) mass is 253 g/mol. The first-order valence-corrected chi connectivity index (χ1v) is 7.96. The van der Waals surface area contributed by atoms with Gasteiger partial charge in [0.15, 0.2) is 0 Å². The van der Waals surface area contributed by atoms with E-state index in [0.717, 1.165) is 12.6 Å². The second-order valence-electron chi connectivity index (χ2n) is 6.28. The molecular weight excluding hydrogens is 222 g/mol. The van der Waals surface area contributed by atoms with Crippen molar-refractivity contribution in [1.29, 1.82) is 0 Å². The van der Waals surface area contributed by atoms with Gasteiger partial charge in [0.05, 0.1) is 0 Å². The first kappa shape index (κ1) is 14.3. The molecule has 0 spiro atoms. The normalized spacial score (nSPS) is 29.3. The van der Waals surface area contributed by atoms with E-state index in [0.29, 0.717) is 12.1 Å². The summed E-state index contributed by atoms with van der Waals surface area (Å²) in [5.41, 5.74) is 0. The highest BCUT2D eigenvalue weighted by molar-refractivity contribution is 4.79. The third-order valence-corrected chi connectivity index (χ3v) is 4.58. The highest BCUT2D eigenvalue weighted by atomic mass is 15.2. The smallest absolute Gasteiger partial charge is 0.0192 e. The predicted octanol–water partition coefficient (Wildman–Crippen LogP) is 1.98. The second-order valence-corrected chi connectivity index (χ2v) is 6.28. The molecule has 2 aliphatic heterocycles. The average Bonchev–Trinajstić information content (AvgIpc) is 2.91. The molecule has 2 aliphatic rings. The maximum atomic E-state index is 3.72. The van der Waals surface area contributed by atoms with Crippen LogP contribution in [-0.2, 0) is 0 Å². The fourth-order valence-corrected chi connectivity index (χ4v) is 3.32. The Kier molecular flexibility index (Phi) is 5.93. The van der Waals surface area contributed by atoms with E-state index in [-0.39, 0.29) is 0 Å². The van der Waals surface area contributed by atoms with Gasteiger partial charge in [-0.05, 0) is 65.6 Å². The standard InChI is InChI=1S/C15H31N3/c1-13(11-15-7-3-4-8-16-15)17-12-14(2)18-9-5-6-10-18/h13-17H,3-12H2,1-2H3. The molecule has 2 rings (SSSR count). The van der Waals surface area contributed by atoms with Gasteiger partial charge in [0, 0.05) is 24.7 Å². The van der Waals surface area contributed by atoms with Crippen LogP contribution in [0.4, 0.5) is 0 Å². The molecule has 2 fully saturated rings. The van der Waals surface area contributed by atoms with Crippen molar-refractivity contribution in [2.45, 2.75) is 70.5 Å². The van der Waals surface area contributed by atoms with E-state index in [9.17, 15) is 0 Å². The van der Waals surface area contributed by atoms with Crippen molar-refractivity contribution in [3.05, 3.63) is 0 Å². The summed E-state index contributed by atoms with van der Waals surface area (Å²) in [6.07, 6.45) is 8.22. The summed E-state index contributed by atoms with van der Waals surface area (Å²) in [5, 5.41) is 7.37. The second kappa shape index (κ2) is 7.46. The van der Waals surface area contributed by atoms with E-state index in [2.05, 4.69) is 29.4 Å². The third kappa shape index (κ3) is 4.52. The lowest BCUT2D eigenvalue weighted by Gasteiger charge is -2.29. The van der Waals surface area contributed by atoms with Crippen LogP contribution in [-0.4, -0.2) is 49.2 Å². The quantitative estimate of drug-likeness (QED) is 0.758. The molecule has 0 saturated carbocycles. The average molecular weight is 253 g/mol. The minimum atomic E-state index is 0.644. The zero-order valence-corrected chi connectivity index (χ0v) is 12.3. The Balaban J connectivity index is 1.59. The first-order chi connectivity index (χ1) is 8.75. The van der Waals surface area contributed by atoms with Crippen LogP contribution >= 0.6 is 0 Å². The molecule has 2 heterocycles. The fourth-order valence-electron chi connectivity index (χ4n) is 3.32. The van der Waals surface area contributed by atoms with Crippen LogP contribution in [0.3, 0.4) is 0 Å². The molecule has 0 aromatic rings. The van der Waals surface area contributed by atoms with Gasteiger partial charge in [-0.3, -0.25) is 4.90 Å². The number of hydrogen-bond acceptors (Lipinski definition) is 3. The van der Waals surface area contributed by atoms with Gasteiger partial charge in [-0.1, -0.05) is 6.42 Å². The van der Waals surface area contributed by atoms with Crippen molar-refractivity contribution >= 4 is 0 Å². The molecule has 106 valence electrons. The summed E-state index contributed by atoms with van der Waals surface area (Å²) in [5.74, 6) is 0. The van der Waals surface area contributed by atoms with Gasteiger partial charge in [-0.2, -0.15) is 0 Å². The largest absolute Gasteiger partial charge is 0.314 e. The minimum Gasteiger partial charge on any atom is -0.314 e. The first-order valence-electron chi connectivity index (χ1n) is 7.96. The Morgan fingerprint density at radius 1 is 1.17 bits per heavy atom. The van der Waals surface area contributed by atoms with Crippen molar-refractivity contribution in [3.63, 3.8) is 0 Å². The van der Waals surface area contributed by atoms with Crippen LogP contribution in [0.2, 0.25) is 0 Å². The molecule has 3 atom stereocenters. The number of nitrogens with one attached hydrogen (secondary N) is 2. The zero-order valence-electron chi connectivity index (χ0n) is 12.3. The van der Waals surface area contributed by atoms with Crippen molar-refractivity contribution in [3.8, 4) is 0 Å². The molecule has 0 bridgehead atoms. The molecule has 0 aromatic heterocycles. The number of piperidine rings is 1. The van der Waals surface area contributed by atoms with Crippen LogP contribution in [0, 0.1) is 0 Å². The summed E-state index contributed by atoms with van der Waals surface area (Å²) < 4.78 is 0. The van der Waals surface area contributed by atoms with E-state index in [1.807, 2.05) is 0 Å². The van der Waals surface area contributed by atoms with Crippen LogP contribution < -0.4 is 10.6 Å². The number of rotatable bonds is 6. The number of likely N-dealkylation sites (tertiary alicyclic amines) is 1. The van der Waals surface area contributed by atoms with Gasteiger partial charge in [-0.15, -0.1) is 0 Å². The van der Waals surface area contributed by atoms with Gasteiger partial charge < -0.3 is 10.6 Å². The van der Waals surface area contributed by atoms with E-state index in [1.54, 1.807) is 0 Å². The summed E-state index contributed by atoms with van der Waals surface area (Å²) in [7, 11) is 0. The topological polar surface area (TPSA) is 27.3 Å². The van der Waals surface area contributed by atoms with E-state index >= 15 is 0 Å². The summed E-state index contributed by atoms with van der Waals surface area (Å²) in [4.78, 5) is 2.62. The molecule has 3 nitrogen and oxygen atoms in total. The highest BCUT2D eigenvalue weighted by Gasteiger charge is 2.19. The van der Waals surface area contributed by atoms with E-state index in [4.69, 9.17) is 0 Å². The fraction of sp³-hybridized carbons (Fsp3) is 1.00. The Morgan fingerprint density at radius 2 is 1.94 bits per heavy atom. The molecular formula is C15H31N3. The van der Waals surface area contributed by atoms with Crippen molar-refractivity contribution in [2.75, 3.05) is 26.2 Å². The van der Waals surface area contributed by atoms with Crippen LogP contribution in [0.1, 0.15) is 52.4 Å². The Hall–Kier alpha value is -0.120. The van der Waals surface area contributed by atoms with Gasteiger partial charge in [0.25, 0.3) is 0 Å². The Bertz CT molecular complexity index is 220. The maximum absolute atomic E-state index is 3.72. The van der Waals surface area contributed by atoms with Crippen LogP contribution in [0.5, 0.6) is 0 Å². The Morgan fingerprint density at radius 3 is 2.61 bits per heavy atom. The molecule has 2 saturated heterocycles. The van der Waals surface area contributed by atoms with Crippen molar-refractivity contribution < 1.29 is 0 Å². The van der Waals surface area contributed by atoms with Crippen LogP contribution in [0.25, 0.3) is 0 Å². The minimum absolute atomic E-state index is 0.644. The predicted molar refractivity (Wildman–Crippen MR) is 78.0 cm³/mol. The molecule has 0 aromatic carbocycles. The summed E-state index contributed by atoms with van der Waals surface area (Å²) >= 11 is 0. The highest BCUT2D eigenvalue weighted by Crippen LogP contribution is 2.13. The molecule has 0 amide bonds. The molecule has 3 unspecified atom stereocenters. The molecule has 2 N–H and O–H groups in total. The zero-order chi connectivity index (χ0) is 12.8. The maximum Gasteiger partial charge on any atom is 0.0192 e. The molecule has 0 radical (unpaired) electrons. The number of nitrogens with zero attached hydrogens (tertiary/aromatic N) is 1. The van der Waals surface area contributed by atoms with E-state index in [1.165, 1.54) is 58.2 Å². The molecule has 0 aliphatic carbocycles. The van der Waals surface area contributed by atoms with Crippen LogP contribution in [0.15, 0.2) is 0 Å². The summed E-state index contributed by atoms with van der Waals surface area (Å²) in [6.45, 7) is 9.69. The van der Waals surface area contributed by atoms with Crippen molar-refractivity contribution in [1.82, 2.24) is 15.5 Å². The molecule has 18 heavy (non-hydrogen) atoms.